The van der Waals surface area contributed by atoms with Gasteiger partial charge < -0.3 is 9.72 Å². The molecule has 30 heavy (non-hydrogen) atoms. The van der Waals surface area contributed by atoms with Crippen LogP contribution in [0.15, 0.2) is 35.7 Å². The first kappa shape index (κ1) is 22.3. The molecule has 0 spiro atoms. The van der Waals surface area contributed by atoms with Gasteiger partial charge in [0.15, 0.2) is 0 Å². The predicted molar refractivity (Wildman–Crippen MR) is 122 cm³/mol. The number of hydrogen-bond acceptors (Lipinski definition) is 6. The van der Waals surface area contributed by atoms with E-state index >= 15 is 0 Å². The fourth-order valence-corrected chi connectivity index (χ4v) is 3.76. The van der Waals surface area contributed by atoms with Crippen molar-refractivity contribution in [3.63, 3.8) is 0 Å². The highest BCUT2D eigenvalue weighted by Crippen LogP contribution is 2.35. The summed E-state index contributed by atoms with van der Waals surface area (Å²) in [6, 6.07) is 6.05. The lowest BCUT2D eigenvalue weighted by Gasteiger charge is -2.27. The minimum absolute atomic E-state index is 0.0533. The molecule has 3 aromatic heterocycles. The smallest absolute Gasteiger partial charge is 0.322 e. The van der Waals surface area contributed by atoms with Crippen molar-refractivity contribution in [3.05, 3.63) is 36.4 Å². The molecule has 0 radical (unpaired) electrons. The zero-order chi connectivity index (χ0) is 22.3. The van der Waals surface area contributed by atoms with Crippen molar-refractivity contribution in [3.8, 4) is 11.4 Å². The summed E-state index contributed by atoms with van der Waals surface area (Å²) in [5.74, 6) is -0.257. The fourth-order valence-electron chi connectivity index (χ4n) is 2.82. The number of aromatic amines is 1. The third-order valence-electron chi connectivity index (χ3n) is 4.44. The van der Waals surface area contributed by atoms with Gasteiger partial charge in [-0.15, -0.1) is 0 Å². The largest absolute Gasteiger partial charge is 0.459 e. The summed E-state index contributed by atoms with van der Waals surface area (Å²) < 4.78 is 4.81. The average molecular weight is 427 g/mol. The SMILES string of the molecule is CC(C)(C)OC(=O)C(C)(C)Sc1cc2cc(-c3cc(C(C)(C)C)ncn3)[nH]c2cn1. The molecule has 0 unspecified atom stereocenters. The lowest BCUT2D eigenvalue weighted by atomic mass is 9.91. The highest BCUT2D eigenvalue weighted by molar-refractivity contribution is 8.01. The van der Waals surface area contributed by atoms with E-state index in [4.69, 9.17) is 4.74 Å². The van der Waals surface area contributed by atoms with Gasteiger partial charge >= 0.3 is 5.97 Å². The van der Waals surface area contributed by atoms with Crippen LogP contribution < -0.4 is 0 Å². The Morgan fingerprint density at radius 1 is 0.967 bits per heavy atom. The van der Waals surface area contributed by atoms with Gasteiger partial charge in [-0.3, -0.25) is 4.79 Å². The van der Waals surface area contributed by atoms with Gasteiger partial charge in [0.05, 0.1) is 28.1 Å². The van der Waals surface area contributed by atoms with E-state index in [2.05, 4.69) is 46.8 Å². The Balaban J connectivity index is 1.87. The maximum absolute atomic E-state index is 12.6. The molecule has 0 aromatic carbocycles. The number of pyridine rings is 1. The van der Waals surface area contributed by atoms with Crippen LogP contribution in [0.1, 0.15) is 61.1 Å². The number of aromatic nitrogens is 4. The fraction of sp³-hybridized carbons (Fsp3) is 0.478. The van der Waals surface area contributed by atoms with Crippen LogP contribution in [0.25, 0.3) is 22.3 Å². The van der Waals surface area contributed by atoms with Gasteiger partial charge in [-0.2, -0.15) is 0 Å². The molecule has 0 saturated heterocycles. The Kier molecular flexibility index (Phi) is 5.71. The molecule has 0 aliphatic heterocycles. The monoisotopic (exact) mass is 426 g/mol. The third kappa shape index (κ3) is 5.19. The van der Waals surface area contributed by atoms with E-state index in [9.17, 15) is 4.79 Å². The number of rotatable bonds is 4. The summed E-state index contributed by atoms with van der Waals surface area (Å²) in [5.41, 5.74) is 3.08. The minimum Gasteiger partial charge on any atom is -0.459 e. The molecule has 7 heteroatoms. The summed E-state index contributed by atoms with van der Waals surface area (Å²) in [6.07, 6.45) is 3.39. The van der Waals surface area contributed by atoms with Gasteiger partial charge in [0.1, 0.15) is 16.7 Å². The van der Waals surface area contributed by atoms with E-state index < -0.39 is 10.3 Å². The molecular weight excluding hydrogens is 396 g/mol. The van der Waals surface area contributed by atoms with Crippen LogP contribution in [0.2, 0.25) is 0 Å². The van der Waals surface area contributed by atoms with E-state index in [1.807, 2.05) is 46.8 Å². The molecule has 3 aromatic rings. The zero-order valence-corrected chi connectivity index (χ0v) is 19.8. The average Bonchev–Trinajstić information content (AvgIpc) is 3.02. The molecule has 160 valence electrons. The van der Waals surface area contributed by atoms with Crippen LogP contribution in [0.3, 0.4) is 0 Å². The van der Waals surface area contributed by atoms with Crippen LogP contribution in [-0.2, 0) is 14.9 Å². The van der Waals surface area contributed by atoms with Crippen molar-refractivity contribution in [2.75, 3.05) is 0 Å². The second-order valence-electron chi connectivity index (χ2n) is 9.95. The normalized spacial score (nSPS) is 12.9. The van der Waals surface area contributed by atoms with Crippen LogP contribution in [-0.4, -0.2) is 36.3 Å². The van der Waals surface area contributed by atoms with Gasteiger partial charge in [0, 0.05) is 16.5 Å². The molecule has 0 fully saturated rings. The second-order valence-corrected chi connectivity index (χ2v) is 11.6. The van der Waals surface area contributed by atoms with Crippen molar-refractivity contribution < 1.29 is 9.53 Å². The Hall–Kier alpha value is -2.41. The van der Waals surface area contributed by atoms with Crippen molar-refractivity contribution in [2.45, 2.75) is 76.2 Å². The third-order valence-corrected chi connectivity index (χ3v) is 5.55. The Labute approximate surface area is 182 Å². The summed E-state index contributed by atoms with van der Waals surface area (Å²) in [5, 5.41) is 1.78. The van der Waals surface area contributed by atoms with Gasteiger partial charge in [-0.05, 0) is 52.8 Å². The standard InChI is InChI=1S/C23H30N4O2S/c1-21(2,3)18-11-15(25-13-26-18)16-9-14-10-19(24-12-17(14)27-16)30-23(7,8)20(28)29-22(4,5)6/h9-13,27H,1-8H3. The highest BCUT2D eigenvalue weighted by Gasteiger charge is 2.34. The van der Waals surface area contributed by atoms with E-state index in [1.54, 1.807) is 12.5 Å². The summed E-state index contributed by atoms with van der Waals surface area (Å²) in [4.78, 5) is 29.3. The molecule has 1 N–H and O–H groups in total. The lowest BCUT2D eigenvalue weighted by Crippen LogP contribution is -2.36. The van der Waals surface area contributed by atoms with Gasteiger partial charge in [0.25, 0.3) is 0 Å². The molecule has 3 rings (SSSR count). The first-order chi connectivity index (χ1) is 13.7. The maximum atomic E-state index is 12.6. The van der Waals surface area contributed by atoms with E-state index in [-0.39, 0.29) is 11.4 Å². The summed E-state index contributed by atoms with van der Waals surface area (Å²) in [6.45, 7) is 15.7. The summed E-state index contributed by atoms with van der Waals surface area (Å²) >= 11 is 1.40. The van der Waals surface area contributed by atoms with Gasteiger partial charge in [0.2, 0.25) is 0 Å². The second kappa shape index (κ2) is 7.69. The summed E-state index contributed by atoms with van der Waals surface area (Å²) in [7, 11) is 0. The number of H-pyrrole nitrogens is 1. The lowest BCUT2D eigenvalue weighted by molar-refractivity contribution is -0.156. The van der Waals surface area contributed by atoms with Crippen molar-refractivity contribution in [1.29, 1.82) is 0 Å². The van der Waals surface area contributed by atoms with Crippen LogP contribution in [0.5, 0.6) is 0 Å². The van der Waals surface area contributed by atoms with Gasteiger partial charge in [-0.1, -0.05) is 32.5 Å². The number of hydrogen-bond donors (Lipinski definition) is 1. The van der Waals surface area contributed by atoms with Crippen LogP contribution in [0, 0.1) is 0 Å². The maximum Gasteiger partial charge on any atom is 0.322 e. The first-order valence-electron chi connectivity index (χ1n) is 9.99. The van der Waals surface area contributed by atoms with Crippen LogP contribution >= 0.6 is 11.8 Å². The van der Waals surface area contributed by atoms with Gasteiger partial charge in [-0.25, -0.2) is 15.0 Å². The zero-order valence-electron chi connectivity index (χ0n) is 19.0. The highest BCUT2D eigenvalue weighted by atomic mass is 32.2. The number of nitrogens with zero attached hydrogens (tertiary/aromatic N) is 3. The molecule has 3 heterocycles. The number of nitrogens with one attached hydrogen (secondary N) is 1. The number of ether oxygens (including phenoxy) is 1. The Morgan fingerprint density at radius 2 is 1.67 bits per heavy atom. The Bertz CT molecular complexity index is 1070. The number of esters is 1. The van der Waals surface area contributed by atoms with E-state index in [0.29, 0.717) is 0 Å². The molecule has 0 atom stereocenters. The minimum atomic E-state index is -0.749. The number of thioether (sulfide) groups is 1. The number of fused-ring (bicyclic) bond motifs is 1. The molecule has 0 aliphatic rings. The van der Waals surface area contributed by atoms with Crippen LogP contribution in [0.4, 0.5) is 0 Å². The molecule has 0 amide bonds. The quantitative estimate of drug-likeness (QED) is 0.436. The number of carbonyl (C=O) groups is 1. The van der Waals surface area contributed by atoms with E-state index in [1.165, 1.54) is 11.8 Å². The topological polar surface area (TPSA) is 80.8 Å². The molecule has 0 aliphatic carbocycles. The molecular formula is C23H30N4O2S. The number of carbonyl (C=O) groups excluding carboxylic acids is 1. The van der Waals surface area contributed by atoms with Crippen molar-refractivity contribution >= 4 is 28.6 Å². The van der Waals surface area contributed by atoms with Crippen molar-refractivity contribution in [2.24, 2.45) is 0 Å². The molecule has 6 nitrogen and oxygen atoms in total. The van der Waals surface area contributed by atoms with Crippen molar-refractivity contribution in [1.82, 2.24) is 19.9 Å². The molecule has 0 bridgehead atoms. The van der Waals surface area contributed by atoms with E-state index in [0.717, 1.165) is 33.0 Å². The predicted octanol–water partition coefficient (Wildman–Crippen LogP) is 5.53. The first-order valence-corrected chi connectivity index (χ1v) is 10.8. The molecule has 0 saturated carbocycles. The Morgan fingerprint density at radius 3 is 2.30 bits per heavy atom.